The van der Waals surface area contributed by atoms with Crippen molar-refractivity contribution in [1.29, 1.82) is 0 Å². The Kier molecular flexibility index (Phi) is 2.89. The molecule has 0 saturated heterocycles. The van der Waals surface area contributed by atoms with Crippen molar-refractivity contribution in [3.05, 3.63) is 45.8 Å². The van der Waals surface area contributed by atoms with E-state index in [-0.39, 0.29) is 5.69 Å². The Bertz CT molecular complexity index is 691. The number of aryl methyl sites for hydroxylation is 3. The highest BCUT2D eigenvalue weighted by molar-refractivity contribution is 5.87. The molecular formula is C16H18N2O2. The lowest BCUT2D eigenvalue weighted by Gasteiger charge is -2.13. The average Bonchev–Trinajstić information content (AvgIpc) is 2.90. The minimum Gasteiger partial charge on any atom is -0.476 e. The van der Waals surface area contributed by atoms with Crippen molar-refractivity contribution >= 4 is 5.97 Å². The van der Waals surface area contributed by atoms with E-state index in [1.807, 2.05) is 4.68 Å². The lowest BCUT2D eigenvalue weighted by molar-refractivity contribution is 0.0689. The van der Waals surface area contributed by atoms with Gasteiger partial charge >= 0.3 is 5.97 Å². The molecule has 0 amide bonds. The first-order chi connectivity index (χ1) is 9.49. The first-order valence-corrected chi connectivity index (χ1v) is 6.91. The standard InChI is InChI=1S/C16H18N2O2/c1-9-7-10(2)15(11(3)8-9)18-13-6-4-5-12(13)14(17-18)16(19)20/h7-8H,4-6H2,1-3H3,(H,19,20). The zero-order valence-electron chi connectivity index (χ0n) is 12.0. The Morgan fingerprint density at radius 3 is 2.45 bits per heavy atom. The predicted molar refractivity (Wildman–Crippen MR) is 76.8 cm³/mol. The van der Waals surface area contributed by atoms with Gasteiger partial charge in [-0.15, -0.1) is 0 Å². The zero-order valence-corrected chi connectivity index (χ0v) is 12.0. The van der Waals surface area contributed by atoms with Gasteiger partial charge < -0.3 is 5.11 Å². The van der Waals surface area contributed by atoms with Crippen molar-refractivity contribution in [3.63, 3.8) is 0 Å². The first kappa shape index (κ1) is 12.9. The molecule has 20 heavy (non-hydrogen) atoms. The van der Waals surface area contributed by atoms with Gasteiger partial charge in [-0.2, -0.15) is 5.10 Å². The zero-order chi connectivity index (χ0) is 14.4. The van der Waals surface area contributed by atoms with E-state index in [0.717, 1.165) is 47.3 Å². The van der Waals surface area contributed by atoms with E-state index in [2.05, 4.69) is 38.0 Å². The van der Waals surface area contributed by atoms with Crippen LogP contribution in [0, 0.1) is 20.8 Å². The van der Waals surface area contributed by atoms with Crippen LogP contribution in [-0.4, -0.2) is 20.9 Å². The maximum atomic E-state index is 11.4. The molecule has 0 atom stereocenters. The van der Waals surface area contributed by atoms with Crippen LogP contribution in [-0.2, 0) is 12.8 Å². The molecule has 0 radical (unpaired) electrons. The fourth-order valence-corrected chi connectivity index (χ4v) is 3.30. The van der Waals surface area contributed by atoms with Crippen LogP contribution in [0.5, 0.6) is 0 Å². The van der Waals surface area contributed by atoms with Gasteiger partial charge in [-0.25, -0.2) is 9.48 Å². The van der Waals surface area contributed by atoms with Gasteiger partial charge in [0.05, 0.1) is 5.69 Å². The average molecular weight is 270 g/mol. The van der Waals surface area contributed by atoms with E-state index in [1.54, 1.807) is 0 Å². The quantitative estimate of drug-likeness (QED) is 0.912. The maximum absolute atomic E-state index is 11.4. The van der Waals surface area contributed by atoms with Gasteiger partial charge in [0, 0.05) is 11.3 Å². The monoisotopic (exact) mass is 270 g/mol. The number of carbonyl (C=O) groups is 1. The topological polar surface area (TPSA) is 55.1 Å². The van der Waals surface area contributed by atoms with E-state index in [0.29, 0.717) is 0 Å². The predicted octanol–water partition coefficient (Wildman–Crippen LogP) is 2.98. The number of nitrogens with zero attached hydrogens (tertiary/aromatic N) is 2. The first-order valence-electron chi connectivity index (χ1n) is 6.91. The number of carboxylic acid groups (broad SMARTS) is 1. The summed E-state index contributed by atoms with van der Waals surface area (Å²) in [4.78, 5) is 11.4. The highest BCUT2D eigenvalue weighted by Crippen LogP contribution is 2.30. The summed E-state index contributed by atoms with van der Waals surface area (Å²) >= 11 is 0. The highest BCUT2D eigenvalue weighted by atomic mass is 16.4. The third-order valence-electron chi connectivity index (χ3n) is 3.98. The molecule has 0 fully saturated rings. The summed E-state index contributed by atoms with van der Waals surface area (Å²) in [7, 11) is 0. The van der Waals surface area contributed by atoms with Crippen LogP contribution in [0.4, 0.5) is 0 Å². The van der Waals surface area contributed by atoms with Crippen LogP contribution >= 0.6 is 0 Å². The molecule has 0 aliphatic heterocycles. The molecule has 1 aliphatic carbocycles. The number of fused-ring (bicyclic) bond motifs is 1. The molecule has 2 aromatic rings. The molecule has 1 aromatic carbocycles. The molecule has 1 heterocycles. The summed E-state index contributed by atoms with van der Waals surface area (Å²) < 4.78 is 1.86. The van der Waals surface area contributed by atoms with Gasteiger partial charge in [0.1, 0.15) is 0 Å². The van der Waals surface area contributed by atoms with Gasteiger partial charge in [-0.3, -0.25) is 0 Å². The van der Waals surface area contributed by atoms with Crippen LogP contribution < -0.4 is 0 Å². The van der Waals surface area contributed by atoms with Gasteiger partial charge in [0.15, 0.2) is 5.69 Å². The molecule has 1 aliphatic rings. The summed E-state index contributed by atoms with van der Waals surface area (Å²) in [6, 6.07) is 4.23. The Hall–Kier alpha value is -2.10. The van der Waals surface area contributed by atoms with Crippen LogP contribution in [0.25, 0.3) is 5.69 Å². The molecule has 0 saturated carbocycles. The second kappa shape index (κ2) is 4.47. The fraction of sp³-hybridized carbons (Fsp3) is 0.375. The molecule has 1 N–H and O–H groups in total. The number of rotatable bonds is 2. The molecule has 0 bridgehead atoms. The van der Waals surface area contributed by atoms with Gasteiger partial charge in [0.25, 0.3) is 0 Å². The number of hydrogen-bond donors (Lipinski definition) is 1. The van der Waals surface area contributed by atoms with Crippen LogP contribution in [0.2, 0.25) is 0 Å². The Morgan fingerprint density at radius 1 is 1.20 bits per heavy atom. The number of aromatic carboxylic acids is 1. The summed E-state index contributed by atoms with van der Waals surface area (Å²) in [6.45, 7) is 6.18. The maximum Gasteiger partial charge on any atom is 0.356 e. The third kappa shape index (κ3) is 1.83. The van der Waals surface area contributed by atoms with E-state index in [9.17, 15) is 9.90 Å². The second-order valence-corrected chi connectivity index (χ2v) is 5.59. The van der Waals surface area contributed by atoms with Crippen molar-refractivity contribution in [3.8, 4) is 5.69 Å². The second-order valence-electron chi connectivity index (χ2n) is 5.59. The molecular weight excluding hydrogens is 252 g/mol. The minimum atomic E-state index is -0.927. The molecule has 0 spiro atoms. The lowest BCUT2D eigenvalue weighted by atomic mass is 10.0. The molecule has 4 heteroatoms. The largest absolute Gasteiger partial charge is 0.476 e. The van der Waals surface area contributed by atoms with Crippen LogP contribution in [0.3, 0.4) is 0 Å². The lowest BCUT2D eigenvalue weighted by Crippen LogP contribution is -2.07. The van der Waals surface area contributed by atoms with Crippen LogP contribution in [0.15, 0.2) is 12.1 Å². The number of aromatic nitrogens is 2. The van der Waals surface area contributed by atoms with E-state index in [4.69, 9.17) is 0 Å². The van der Waals surface area contributed by atoms with Crippen molar-refractivity contribution in [2.24, 2.45) is 0 Å². The van der Waals surface area contributed by atoms with Crippen molar-refractivity contribution in [2.45, 2.75) is 40.0 Å². The number of benzene rings is 1. The molecule has 4 nitrogen and oxygen atoms in total. The van der Waals surface area contributed by atoms with Crippen molar-refractivity contribution < 1.29 is 9.90 Å². The molecule has 104 valence electrons. The van der Waals surface area contributed by atoms with E-state index >= 15 is 0 Å². The smallest absolute Gasteiger partial charge is 0.356 e. The van der Waals surface area contributed by atoms with Crippen molar-refractivity contribution in [1.82, 2.24) is 9.78 Å². The van der Waals surface area contributed by atoms with E-state index < -0.39 is 5.97 Å². The Balaban J connectivity index is 2.27. The normalized spacial score (nSPS) is 13.6. The summed E-state index contributed by atoms with van der Waals surface area (Å²) in [5.41, 5.74) is 6.71. The van der Waals surface area contributed by atoms with Gasteiger partial charge in [-0.05, 0) is 51.2 Å². The summed E-state index contributed by atoms with van der Waals surface area (Å²) in [5, 5.41) is 13.7. The Labute approximate surface area is 118 Å². The SMILES string of the molecule is Cc1cc(C)c(-n2nc(C(=O)O)c3c2CCC3)c(C)c1. The van der Waals surface area contributed by atoms with Gasteiger partial charge in [0.2, 0.25) is 0 Å². The fourth-order valence-electron chi connectivity index (χ4n) is 3.30. The summed E-state index contributed by atoms with van der Waals surface area (Å²) in [6.07, 6.45) is 2.74. The highest BCUT2D eigenvalue weighted by Gasteiger charge is 2.27. The summed E-state index contributed by atoms with van der Waals surface area (Å²) in [5.74, 6) is -0.927. The van der Waals surface area contributed by atoms with Crippen molar-refractivity contribution in [2.75, 3.05) is 0 Å². The van der Waals surface area contributed by atoms with E-state index in [1.165, 1.54) is 5.56 Å². The molecule has 3 rings (SSSR count). The number of hydrogen-bond acceptors (Lipinski definition) is 2. The molecule has 1 aromatic heterocycles. The third-order valence-corrected chi connectivity index (χ3v) is 3.98. The minimum absolute atomic E-state index is 0.219. The Morgan fingerprint density at radius 2 is 1.85 bits per heavy atom. The molecule has 0 unspecified atom stereocenters. The number of carboxylic acids is 1. The van der Waals surface area contributed by atoms with Gasteiger partial charge in [-0.1, -0.05) is 17.7 Å². The van der Waals surface area contributed by atoms with Crippen LogP contribution in [0.1, 0.15) is 44.9 Å².